The Hall–Kier alpha value is -4.31. The van der Waals surface area contributed by atoms with Gasteiger partial charge in [0.25, 0.3) is 5.91 Å². The van der Waals surface area contributed by atoms with E-state index in [0.29, 0.717) is 28.0 Å². The van der Waals surface area contributed by atoms with Crippen molar-refractivity contribution in [3.63, 3.8) is 0 Å². The van der Waals surface area contributed by atoms with Gasteiger partial charge in [0, 0.05) is 11.3 Å². The molecule has 0 saturated heterocycles. The third-order valence-electron chi connectivity index (χ3n) is 6.57. The van der Waals surface area contributed by atoms with Crippen molar-refractivity contribution in [3.8, 4) is 17.2 Å². The molecule has 0 spiro atoms. The standard InChI is InChI=1S/C30H33N5O4S/c1-18-10-11-20(3)23(14-18)32-28(36)17-40-30-34-33-27(35(30)24-9-7-8-19(2)21(24)4)16-31-29(37)22-12-13-25(38-5)26(15-22)39-6/h7-15H,16-17H2,1-6H3,(H,31,37)(H,32,36). The molecule has 0 saturated carbocycles. The van der Waals surface area contributed by atoms with E-state index in [1.54, 1.807) is 25.3 Å². The molecule has 4 aromatic rings. The third kappa shape index (κ3) is 6.45. The number of nitrogens with one attached hydrogen (secondary N) is 2. The van der Waals surface area contributed by atoms with E-state index in [1.165, 1.54) is 18.9 Å². The number of aromatic nitrogens is 3. The first-order valence-electron chi connectivity index (χ1n) is 12.7. The number of nitrogens with zero attached hydrogens (tertiary/aromatic N) is 3. The second kappa shape index (κ2) is 12.7. The van der Waals surface area contributed by atoms with Crippen LogP contribution in [-0.2, 0) is 11.3 Å². The zero-order valence-corrected chi connectivity index (χ0v) is 24.3. The van der Waals surface area contributed by atoms with Gasteiger partial charge in [-0.1, -0.05) is 36.0 Å². The number of amides is 2. The maximum atomic E-state index is 13.0. The van der Waals surface area contributed by atoms with Crippen LogP contribution in [0.2, 0.25) is 0 Å². The molecular formula is C30H33N5O4S. The minimum absolute atomic E-state index is 0.128. The molecule has 0 bridgehead atoms. The highest BCUT2D eigenvalue weighted by Crippen LogP contribution is 2.28. The molecule has 4 rings (SSSR count). The molecule has 0 fully saturated rings. The van der Waals surface area contributed by atoms with Crippen molar-refractivity contribution in [2.24, 2.45) is 0 Å². The van der Waals surface area contributed by atoms with Gasteiger partial charge in [0.15, 0.2) is 22.5 Å². The first-order chi connectivity index (χ1) is 19.2. The van der Waals surface area contributed by atoms with Crippen LogP contribution in [0.15, 0.2) is 59.8 Å². The minimum atomic E-state index is -0.293. The minimum Gasteiger partial charge on any atom is -0.493 e. The Bertz CT molecular complexity index is 1550. The van der Waals surface area contributed by atoms with Gasteiger partial charge < -0.3 is 20.1 Å². The number of thioether (sulfide) groups is 1. The Labute approximate surface area is 238 Å². The van der Waals surface area contributed by atoms with Gasteiger partial charge in [-0.25, -0.2) is 0 Å². The second-order valence-electron chi connectivity index (χ2n) is 9.36. The summed E-state index contributed by atoms with van der Waals surface area (Å²) in [6, 6.07) is 16.9. The zero-order valence-electron chi connectivity index (χ0n) is 23.5. The van der Waals surface area contributed by atoms with Crippen LogP contribution in [0.4, 0.5) is 5.69 Å². The van der Waals surface area contributed by atoms with E-state index in [9.17, 15) is 9.59 Å². The summed E-state index contributed by atoms with van der Waals surface area (Å²) < 4.78 is 12.5. The average Bonchev–Trinajstić information content (AvgIpc) is 3.36. The van der Waals surface area contributed by atoms with Crippen molar-refractivity contribution in [3.05, 3.63) is 88.2 Å². The number of methoxy groups -OCH3 is 2. The van der Waals surface area contributed by atoms with Gasteiger partial charge in [0.2, 0.25) is 5.91 Å². The summed E-state index contributed by atoms with van der Waals surface area (Å²) in [6.07, 6.45) is 0. The fourth-order valence-electron chi connectivity index (χ4n) is 4.15. The smallest absolute Gasteiger partial charge is 0.251 e. The number of rotatable bonds is 10. The summed E-state index contributed by atoms with van der Waals surface area (Å²) in [4.78, 5) is 25.8. The number of hydrogen-bond donors (Lipinski definition) is 2. The van der Waals surface area contributed by atoms with E-state index in [4.69, 9.17) is 9.47 Å². The summed E-state index contributed by atoms with van der Waals surface area (Å²) in [5.41, 5.74) is 6.33. The van der Waals surface area contributed by atoms with Gasteiger partial charge in [0.1, 0.15) is 0 Å². The van der Waals surface area contributed by atoms with Crippen LogP contribution in [0.3, 0.4) is 0 Å². The predicted octanol–water partition coefficient (Wildman–Crippen LogP) is 5.18. The van der Waals surface area contributed by atoms with Gasteiger partial charge in [-0.15, -0.1) is 10.2 Å². The Morgan fingerprint density at radius 2 is 1.68 bits per heavy atom. The lowest BCUT2D eigenvalue weighted by atomic mass is 10.1. The summed E-state index contributed by atoms with van der Waals surface area (Å²) >= 11 is 1.29. The molecule has 0 aliphatic heterocycles. The molecule has 40 heavy (non-hydrogen) atoms. The van der Waals surface area contributed by atoms with Crippen molar-refractivity contribution in [1.82, 2.24) is 20.1 Å². The summed E-state index contributed by atoms with van der Waals surface area (Å²) in [5, 5.41) is 15.2. The molecule has 0 aliphatic rings. The van der Waals surface area contributed by atoms with Crippen LogP contribution in [0, 0.1) is 27.7 Å². The van der Waals surface area contributed by atoms with Crippen molar-refractivity contribution < 1.29 is 19.1 Å². The van der Waals surface area contributed by atoms with Gasteiger partial charge in [-0.2, -0.15) is 0 Å². The Balaban J connectivity index is 1.55. The highest BCUT2D eigenvalue weighted by Gasteiger charge is 2.19. The number of hydrogen-bond acceptors (Lipinski definition) is 7. The molecular weight excluding hydrogens is 526 g/mol. The lowest BCUT2D eigenvalue weighted by Gasteiger charge is -2.15. The fraction of sp³-hybridized carbons (Fsp3) is 0.267. The van der Waals surface area contributed by atoms with E-state index < -0.39 is 0 Å². The van der Waals surface area contributed by atoms with E-state index >= 15 is 0 Å². The molecule has 0 atom stereocenters. The van der Waals surface area contributed by atoms with Crippen molar-refractivity contribution in [2.45, 2.75) is 39.4 Å². The maximum absolute atomic E-state index is 13.0. The van der Waals surface area contributed by atoms with Crippen LogP contribution in [0.1, 0.15) is 38.4 Å². The lowest BCUT2D eigenvalue weighted by molar-refractivity contribution is -0.113. The highest BCUT2D eigenvalue weighted by molar-refractivity contribution is 7.99. The normalized spacial score (nSPS) is 10.8. The molecule has 10 heteroatoms. The number of carbonyl (C=O) groups is 2. The molecule has 1 heterocycles. The predicted molar refractivity (Wildman–Crippen MR) is 157 cm³/mol. The lowest BCUT2D eigenvalue weighted by Crippen LogP contribution is -2.25. The van der Waals surface area contributed by atoms with Crippen molar-refractivity contribution in [1.29, 1.82) is 0 Å². The monoisotopic (exact) mass is 559 g/mol. The number of anilines is 1. The van der Waals surface area contributed by atoms with Gasteiger partial charge in [0.05, 0.1) is 32.2 Å². The average molecular weight is 560 g/mol. The molecule has 2 amide bonds. The van der Waals surface area contributed by atoms with E-state index in [-0.39, 0.29) is 24.1 Å². The molecule has 0 aliphatic carbocycles. The van der Waals surface area contributed by atoms with Crippen molar-refractivity contribution >= 4 is 29.3 Å². The first kappa shape index (κ1) is 28.7. The quantitative estimate of drug-likeness (QED) is 0.258. The highest BCUT2D eigenvalue weighted by atomic mass is 32.2. The van der Waals surface area contributed by atoms with Crippen LogP contribution in [-0.4, -0.2) is 46.6 Å². The second-order valence-corrected chi connectivity index (χ2v) is 10.3. The first-order valence-corrected chi connectivity index (χ1v) is 13.7. The summed E-state index contributed by atoms with van der Waals surface area (Å²) in [6.45, 7) is 8.14. The topological polar surface area (TPSA) is 107 Å². The van der Waals surface area contributed by atoms with Crippen LogP contribution in [0.5, 0.6) is 11.5 Å². The van der Waals surface area contributed by atoms with Gasteiger partial charge >= 0.3 is 0 Å². The molecule has 9 nitrogen and oxygen atoms in total. The van der Waals surface area contributed by atoms with Crippen LogP contribution in [0.25, 0.3) is 5.69 Å². The number of aryl methyl sites for hydroxylation is 3. The van der Waals surface area contributed by atoms with Gasteiger partial charge in [-0.05, 0) is 80.3 Å². The molecule has 208 valence electrons. The molecule has 0 unspecified atom stereocenters. The van der Waals surface area contributed by atoms with Crippen LogP contribution >= 0.6 is 11.8 Å². The van der Waals surface area contributed by atoms with E-state index in [0.717, 1.165) is 33.6 Å². The van der Waals surface area contributed by atoms with Gasteiger partial charge in [-0.3, -0.25) is 14.2 Å². The number of ether oxygens (including phenoxy) is 2. The SMILES string of the molecule is COc1ccc(C(=O)NCc2nnc(SCC(=O)Nc3cc(C)ccc3C)n2-c2cccc(C)c2C)cc1OC. The summed E-state index contributed by atoms with van der Waals surface area (Å²) in [5.74, 6) is 1.26. The Kier molecular flexibility index (Phi) is 9.11. The maximum Gasteiger partial charge on any atom is 0.251 e. The zero-order chi connectivity index (χ0) is 28.8. The van der Waals surface area contributed by atoms with E-state index in [1.807, 2.05) is 68.7 Å². The Morgan fingerprint density at radius 1 is 0.900 bits per heavy atom. The fourth-order valence-corrected chi connectivity index (χ4v) is 4.92. The third-order valence-corrected chi connectivity index (χ3v) is 7.50. The van der Waals surface area contributed by atoms with Crippen LogP contribution < -0.4 is 20.1 Å². The Morgan fingerprint density at radius 3 is 2.42 bits per heavy atom. The number of carbonyl (C=O) groups excluding carboxylic acids is 2. The van der Waals surface area contributed by atoms with E-state index in [2.05, 4.69) is 20.8 Å². The van der Waals surface area contributed by atoms with Crippen molar-refractivity contribution in [2.75, 3.05) is 25.3 Å². The molecule has 3 aromatic carbocycles. The molecule has 1 aromatic heterocycles. The largest absolute Gasteiger partial charge is 0.493 e. The number of benzene rings is 3. The molecule has 2 N–H and O–H groups in total. The molecule has 0 radical (unpaired) electrons. The summed E-state index contributed by atoms with van der Waals surface area (Å²) in [7, 11) is 3.06.